The first kappa shape index (κ1) is 14.8. The van der Waals surface area contributed by atoms with Crippen LogP contribution >= 0.6 is 0 Å². The maximum Gasteiger partial charge on any atom is 0.410 e. The molecule has 0 aliphatic carbocycles. The Hall–Kier alpha value is -2.82. The van der Waals surface area contributed by atoms with Gasteiger partial charge in [0.25, 0.3) is 0 Å². The van der Waals surface area contributed by atoms with E-state index in [1.54, 1.807) is 4.90 Å². The van der Waals surface area contributed by atoms with Crippen molar-refractivity contribution in [1.82, 2.24) is 9.88 Å². The number of rotatable bonds is 3. The summed E-state index contributed by atoms with van der Waals surface area (Å²) in [6, 6.07) is 17.2. The molecule has 4 rings (SSSR count). The highest BCUT2D eigenvalue weighted by atomic mass is 16.6. The van der Waals surface area contributed by atoms with E-state index in [4.69, 9.17) is 9.15 Å². The number of nitrogens with zero attached hydrogens (tertiary/aromatic N) is 2. The third kappa shape index (κ3) is 2.85. The van der Waals surface area contributed by atoms with Crippen molar-refractivity contribution in [3.8, 4) is 0 Å². The number of hydrogen-bond acceptors (Lipinski definition) is 4. The van der Waals surface area contributed by atoms with Gasteiger partial charge in [-0.05, 0) is 30.5 Å². The first-order valence-corrected chi connectivity index (χ1v) is 8.14. The van der Waals surface area contributed by atoms with Crippen LogP contribution in [0.1, 0.15) is 30.3 Å². The van der Waals surface area contributed by atoms with Crippen LogP contribution < -0.4 is 0 Å². The molecule has 0 bridgehead atoms. The highest BCUT2D eigenvalue weighted by Crippen LogP contribution is 2.33. The van der Waals surface area contributed by atoms with Gasteiger partial charge in [-0.15, -0.1) is 0 Å². The van der Waals surface area contributed by atoms with Gasteiger partial charge in [0.05, 0.1) is 0 Å². The molecule has 1 atom stereocenters. The second kappa shape index (κ2) is 6.35. The van der Waals surface area contributed by atoms with E-state index in [-0.39, 0.29) is 18.7 Å². The van der Waals surface area contributed by atoms with Crippen molar-refractivity contribution in [2.24, 2.45) is 0 Å². The molecule has 1 fully saturated rings. The Morgan fingerprint density at radius 1 is 1.17 bits per heavy atom. The zero-order valence-corrected chi connectivity index (χ0v) is 13.2. The number of hydrogen-bond donors (Lipinski definition) is 0. The first-order valence-electron chi connectivity index (χ1n) is 8.14. The van der Waals surface area contributed by atoms with E-state index < -0.39 is 0 Å². The van der Waals surface area contributed by atoms with E-state index >= 15 is 0 Å². The lowest BCUT2D eigenvalue weighted by molar-refractivity contribution is 0.0881. The SMILES string of the molecule is O=C(OCc1ccccc1)N1CCC[C@H]1c1nc2ccccc2o1. The zero-order valence-electron chi connectivity index (χ0n) is 13.2. The molecule has 1 aliphatic heterocycles. The lowest BCUT2D eigenvalue weighted by Gasteiger charge is -2.21. The molecule has 1 amide bonds. The Labute approximate surface area is 139 Å². The van der Waals surface area contributed by atoms with Crippen LogP contribution in [0.3, 0.4) is 0 Å². The summed E-state index contributed by atoms with van der Waals surface area (Å²) in [7, 11) is 0. The van der Waals surface area contributed by atoms with Crippen molar-refractivity contribution in [2.45, 2.75) is 25.5 Å². The summed E-state index contributed by atoms with van der Waals surface area (Å²) in [5.41, 5.74) is 2.54. The van der Waals surface area contributed by atoms with Crippen molar-refractivity contribution in [3.63, 3.8) is 0 Å². The number of para-hydroxylation sites is 2. The minimum absolute atomic E-state index is 0.152. The van der Waals surface area contributed by atoms with Crippen molar-refractivity contribution >= 4 is 17.2 Å². The third-order valence-electron chi connectivity index (χ3n) is 4.29. The predicted molar refractivity (Wildman–Crippen MR) is 89.3 cm³/mol. The molecule has 5 nitrogen and oxygen atoms in total. The van der Waals surface area contributed by atoms with Gasteiger partial charge in [0.15, 0.2) is 5.58 Å². The highest BCUT2D eigenvalue weighted by molar-refractivity contribution is 5.73. The molecule has 2 heterocycles. The summed E-state index contributed by atoms with van der Waals surface area (Å²) >= 11 is 0. The summed E-state index contributed by atoms with van der Waals surface area (Å²) in [4.78, 5) is 18.7. The van der Waals surface area contributed by atoms with Crippen LogP contribution in [0.15, 0.2) is 59.0 Å². The van der Waals surface area contributed by atoms with Crippen molar-refractivity contribution in [2.75, 3.05) is 6.54 Å². The number of fused-ring (bicyclic) bond motifs is 1. The molecule has 1 saturated heterocycles. The van der Waals surface area contributed by atoms with Crippen LogP contribution in [0, 0.1) is 0 Å². The molecule has 0 unspecified atom stereocenters. The molecule has 1 aromatic heterocycles. The summed E-state index contributed by atoms with van der Waals surface area (Å²) in [6.45, 7) is 0.938. The second-order valence-corrected chi connectivity index (χ2v) is 5.91. The molecule has 0 spiro atoms. The maximum atomic E-state index is 12.5. The van der Waals surface area contributed by atoms with Gasteiger partial charge in [0.2, 0.25) is 5.89 Å². The number of carbonyl (C=O) groups is 1. The standard InChI is InChI=1S/C19H18N2O3/c22-19(23-13-14-7-2-1-3-8-14)21-12-6-10-16(21)18-20-15-9-4-5-11-17(15)24-18/h1-5,7-9,11,16H,6,10,12-13H2/t16-/m0/s1. The normalized spacial score (nSPS) is 17.3. The van der Waals surface area contributed by atoms with Crippen LogP contribution in [0.25, 0.3) is 11.1 Å². The average Bonchev–Trinajstić information content (AvgIpc) is 3.26. The van der Waals surface area contributed by atoms with Gasteiger partial charge in [-0.1, -0.05) is 42.5 Å². The molecule has 0 N–H and O–H groups in total. The molecule has 1 aliphatic rings. The molecule has 0 radical (unpaired) electrons. The highest BCUT2D eigenvalue weighted by Gasteiger charge is 2.34. The number of likely N-dealkylation sites (tertiary alicyclic amines) is 1. The van der Waals surface area contributed by atoms with Crippen LogP contribution in [0.5, 0.6) is 0 Å². The number of carbonyl (C=O) groups excluding carboxylic acids is 1. The van der Waals surface area contributed by atoms with Crippen molar-refractivity contribution in [3.05, 3.63) is 66.1 Å². The van der Waals surface area contributed by atoms with Crippen LogP contribution in [-0.4, -0.2) is 22.5 Å². The van der Waals surface area contributed by atoms with E-state index in [0.717, 1.165) is 29.5 Å². The van der Waals surface area contributed by atoms with E-state index in [0.29, 0.717) is 12.4 Å². The van der Waals surface area contributed by atoms with Gasteiger partial charge in [0, 0.05) is 6.54 Å². The zero-order chi connectivity index (χ0) is 16.4. The molecule has 3 aromatic rings. The minimum Gasteiger partial charge on any atom is -0.445 e. The molecule has 0 saturated carbocycles. The third-order valence-corrected chi connectivity index (χ3v) is 4.29. The molecule has 24 heavy (non-hydrogen) atoms. The quantitative estimate of drug-likeness (QED) is 0.721. The van der Waals surface area contributed by atoms with E-state index in [2.05, 4.69) is 4.98 Å². The van der Waals surface area contributed by atoms with E-state index in [9.17, 15) is 4.79 Å². The fourth-order valence-electron chi connectivity index (χ4n) is 3.08. The summed E-state index contributed by atoms with van der Waals surface area (Å²) in [5, 5.41) is 0. The van der Waals surface area contributed by atoms with Crippen molar-refractivity contribution in [1.29, 1.82) is 0 Å². The lowest BCUT2D eigenvalue weighted by Crippen LogP contribution is -2.31. The number of oxazole rings is 1. The summed E-state index contributed by atoms with van der Waals surface area (Å²) in [5.74, 6) is 0.588. The lowest BCUT2D eigenvalue weighted by atomic mass is 10.2. The Morgan fingerprint density at radius 3 is 2.79 bits per heavy atom. The number of benzene rings is 2. The van der Waals surface area contributed by atoms with Gasteiger partial charge in [0.1, 0.15) is 18.2 Å². The van der Waals surface area contributed by atoms with Gasteiger partial charge < -0.3 is 9.15 Å². The van der Waals surface area contributed by atoms with Gasteiger partial charge in [-0.3, -0.25) is 4.90 Å². The molecular formula is C19H18N2O3. The fourth-order valence-corrected chi connectivity index (χ4v) is 3.08. The number of ether oxygens (including phenoxy) is 1. The topological polar surface area (TPSA) is 55.6 Å². The second-order valence-electron chi connectivity index (χ2n) is 5.91. The Morgan fingerprint density at radius 2 is 1.96 bits per heavy atom. The van der Waals surface area contributed by atoms with Crippen molar-refractivity contribution < 1.29 is 13.9 Å². The van der Waals surface area contributed by atoms with Crippen LogP contribution in [0.4, 0.5) is 4.79 Å². The molecule has 5 heteroatoms. The fraction of sp³-hybridized carbons (Fsp3) is 0.263. The summed E-state index contributed by atoms with van der Waals surface area (Å²) in [6.07, 6.45) is 1.44. The van der Waals surface area contributed by atoms with Gasteiger partial charge in [-0.2, -0.15) is 0 Å². The first-order chi connectivity index (χ1) is 11.8. The largest absolute Gasteiger partial charge is 0.445 e. The van der Waals surface area contributed by atoms with E-state index in [1.165, 1.54) is 0 Å². The van der Waals surface area contributed by atoms with E-state index in [1.807, 2.05) is 54.6 Å². The Kier molecular flexibility index (Phi) is 3.91. The van der Waals surface area contributed by atoms with Gasteiger partial charge in [-0.25, -0.2) is 9.78 Å². The predicted octanol–water partition coefficient (Wildman–Crippen LogP) is 4.30. The molecule has 122 valence electrons. The molecular weight excluding hydrogens is 304 g/mol. The Balaban J connectivity index is 1.48. The Bertz CT molecular complexity index is 811. The van der Waals surface area contributed by atoms with Gasteiger partial charge >= 0.3 is 6.09 Å². The maximum absolute atomic E-state index is 12.5. The monoisotopic (exact) mass is 322 g/mol. The number of amides is 1. The molecule has 2 aromatic carbocycles. The number of aromatic nitrogens is 1. The summed E-state index contributed by atoms with van der Waals surface area (Å²) < 4.78 is 11.3. The minimum atomic E-state index is -0.316. The average molecular weight is 322 g/mol. The smallest absolute Gasteiger partial charge is 0.410 e. The van der Waals surface area contributed by atoms with Crippen LogP contribution in [-0.2, 0) is 11.3 Å². The van der Waals surface area contributed by atoms with Crippen LogP contribution in [0.2, 0.25) is 0 Å².